The monoisotopic (exact) mass is 219 g/mol. The predicted octanol–water partition coefficient (Wildman–Crippen LogP) is 2.10. The summed E-state index contributed by atoms with van der Waals surface area (Å²) < 4.78 is 10.7. The van der Waals surface area contributed by atoms with E-state index >= 15 is 0 Å². The molecule has 0 saturated carbocycles. The Morgan fingerprint density at radius 3 is 2.94 bits per heavy atom. The molecule has 2 N–H and O–H groups in total. The standard InChI is InChI=1S/C11H13N3O2/c1-7-6-10(16-14-7)8(2)15-11-9(12)4-3-5-13-11/h3-6,8H,12H2,1-2H3/t8-/m1/s1. The quantitative estimate of drug-likeness (QED) is 0.855. The van der Waals surface area contributed by atoms with Crippen molar-refractivity contribution in [2.24, 2.45) is 0 Å². The first kappa shape index (κ1) is 10.5. The summed E-state index contributed by atoms with van der Waals surface area (Å²) in [4.78, 5) is 4.04. The fourth-order valence-electron chi connectivity index (χ4n) is 1.30. The van der Waals surface area contributed by atoms with Crippen molar-refractivity contribution >= 4 is 5.69 Å². The Balaban J connectivity index is 2.13. The summed E-state index contributed by atoms with van der Waals surface area (Å²) >= 11 is 0. The normalized spacial score (nSPS) is 12.4. The van der Waals surface area contributed by atoms with Crippen LogP contribution < -0.4 is 10.5 Å². The average Bonchev–Trinajstić information content (AvgIpc) is 2.68. The van der Waals surface area contributed by atoms with Gasteiger partial charge in [-0.1, -0.05) is 5.16 Å². The van der Waals surface area contributed by atoms with Gasteiger partial charge in [0.15, 0.2) is 11.9 Å². The number of nitrogen functional groups attached to an aromatic ring is 1. The van der Waals surface area contributed by atoms with Crippen molar-refractivity contribution in [1.82, 2.24) is 10.1 Å². The number of nitrogens with zero attached hydrogens (tertiary/aromatic N) is 2. The molecule has 0 aromatic carbocycles. The summed E-state index contributed by atoms with van der Waals surface area (Å²) in [5, 5.41) is 3.80. The van der Waals surface area contributed by atoms with Gasteiger partial charge in [0.1, 0.15) is 0 Å². The zero-order valence-corrected chi connectivity index (χ0v) is 9.18. The molecule has 2 heterocycles. The zero-order chi connectivity index (χ0) is 11.5. The van der Waals surface area contributed by atoms with Crippen LogP contribution in [-0.4, -0.2) is 10.1 Å². The molecular weight excluding hydrogens is 206 g/mol. The van der Waals surface area contributed by atoms with Gasteiger partial charge in [-0.25, -0.2) is 4.98 Å². The third-order valence-electron chi connectivity index (χ3n) is 2.14. The van der Waals surface area contributed by atoms with Crippen molar-refractivity contribution in [1.29, 1.82) is 0 Å². The van der Waals surface area contributed by atoms with Crippen LogP contribution in [0.15, 0.2) is 28.9 Å². The van der Waals surface area contributed by atoms with E-state index in [-0.39, 0.29) is 6.10 Å². The van der Waals surface area contributed by atoms with Gasteiger partial charge in [-0.15, -0.1) is 0 Å². The van der Waals surface area contributed by atoms with Gasteiger partial charge in [-0.3, -0.25) is 0 Å². The second-order valence-electron chi connectivity index (χ2n) is 3.53. The smallest absolute Gasteiger partial charge is 0.237 e. The zero-order valence-electron chi connectivity index (χ0n) is 9.18. The molecule has 0 fully saturated rings. The Morgan fingerprint density at radius 1 is 1.50 bits per heavy atom. The van der Waals surface area contributed by atoms with Crippen molar-refractivity contribution in [2.45, 2.75) is 20.0 Å². The SMILES string of the molecule is Cc1cc([C@@H](C)Oc2ncccc2N)on1. The lowest BCUT2D eigenvalue weighted by atomic mass is 10.3. The highest BCUT2D eigenvalue weighted by Crippen LogP contribution is 2.24. The van der Waals surface area contributed by atoms with Gasteiger partial charge >= 0.3 is 0 Å². The number of aryl methyl sites for hydroxylation is 1. The fraction of sp³-hybridized carbons (Fsp3) is 0.273. The molecule has 2 aromatic rings. The first-order chi connectivity index (χ1) is 7.66. The molecule has 0 spiro atoms. The molecule has 0 aliphatic rings. The molecule has 2 aromatic heterocycles. The molecule has 5 nitrogen and oxygen atoms in total. The summed E-state index contributed by atoms with van der Waals surface area (Å²) in [5.74, 6) is 1.06. The molecule has 0 radical (unpaired) electrons. The minimum atomic E-state index is -0.265. The van der Waals surface area contributed by atoms with Gasteiger partial charge in [0.2, 0.25) is 5.88 Å². The highest BCUT2D eigenvalue weighted by molar-refractivity contribution is 5.47. The molecule has 0 amide bonds. The van der Waals surface area contributed by atoms with Crippen LogP contribution in [0.3, 0.4) is 0 Å². The third-order valence-corrected chi connectivity index (χ3v) is 2.14. The second-order valence-corrected chi connectivity index (χ2v) is 3.53. The van der Waals surface area contributed by atoms with Gasteiger partial charge in [-0.05, 0) is 26.0 Å². The number of pyridine rings is 1. The van der Waals surface area contributed by atoms with Gasteiger partial charge < -0.3 is 15.0 Å². The van der Waals surface area contributed by atoms with E-state index in [1.54, 1.807) is 18.3 Å². The van der Waals surface area contributed by atoms with Crippen molar-refractivity contribution < 1.29 is 9.26 Å². The van der Waals surface area contributed by atoms with E-state index in [0.717, 1.165) is 5.69 Å². The molecule has 0 unspecified atom stereocenters. The number of hydrogen-bond donors (Lipinski definition) is 1. The molecule has 1 atom stereocenters. The van der Waals surface area contributed by atoms with E-state index < -0.39 is 0 Å². The van der Waals surface area contributed by atoms with Crippen LogP contribution in [0.25, 0.3) is 0 Å². The van der Waals surface area contributed by atoms with Crippen molar-refractivity contribution in [3.05, 3.63) is 35.9 Å². The number of ether oxygens (including phenoxy) is 1. The molecule has 0 bridgehead atoms. The summed E-state index contributed by atoms with van der Waals surface area (Å²) in [5.41, 5.74) is 7.04. The van der Waals surface area contributed by atoms with Crippen LogP contribution in [0.5, 0.6) is 5.88 Å². The molecule has 5 heteroatoms. The molecular formula is C11H13N3O2. The fourth-order valence-corrected chi connectivity index (χ4v) is 1.30. The summed E-state index contributed by atoms with van der Waals surface area (Å²) in [7, 11) is 0. The van der Waals surface area contributed by atoms with Crippen molar-refractivity contribution in [3.63, 3.8) is 0 Å². The molecule has 16 heavy (non-hydrogen) atoms. The number of nitrogens with two attached hydrogens (primary N) is 1. The van der Waals surface area contributed by atoms with Gasteiger partial charge in [0.05, 0.1) is 11.4 Å². The predicted molar refractivity (Wildman–Crippen MR) is 58.9 cm³/mol. The maximum atomic E-state index is 5.72. The summed E-state index contributed by atoms with van der Waals surface area (Å²) in [6.07, 6.45) is 1.36. The first-order valence-electron chi connectivity index (χ1n) is 4.97. The highest BCUT2D eigenvalue weighted by Gasteiger charge is 2.14. The Kier molecular flexibility index (Phi) is 2.76. The third kappa shape index (κ3) is 2.13. The topological polar surface area (TPSA) is 74.2 Å². The van der Waals surface area contributed by atoms with Crippen LogP contribution in [-0.2, 0) is 0 Å². The Bertz CT molecular complexity index is 482. The first-order valence-corrected chi connectivity index (χ1v) is 4.97. The van der Waals surface area contributed by atoms with Crippen LogP contribution in [0.2, 0.25) is 0 Å². The van der Waals surface area contributed by atoms with Crippen molar-refractivity contribution in [2.75, 3.05) is 5.73 Å². The van der Waals surface area contributed by atoms with Gasteiger partial charge in [0, 0.05) is 12.3 Å². The lowest BCUT2D eigenvalue weighted by molar-refractivity contribution is 0.176. The average molecular weight is 219 g/mol. The minimum Gasteiger partial charge on any atom is -0.465 e. The van der Waals surface area contributed by atoms with E-state index in [9.17, 15) is 0 Å². The van der Waals surface area contributed by atoms with E-state index in [2.05, 4.69) is 10.1 Å². The largest absolute Gasteiger partial charge is 0.465 e. The maximum absolute atomic E-state index is 5.72. The highest BCUT2D eigenvalue weighted by atomic mass is 16.5. The lowest BCUT2D eigenvalue weighted by Gasteiger charge is -2.11. The molecule has 2 rings (SSSR count). The maximum Gasteiger partial charge on any atom is 0.237 e. The number of anilines is 1. The van der Waals surface area contributed by atoms with Gasteiger partial charge in [0.25, 0.3) is 0 Å². The number of hydrogen-bond acceptors (Lipinski definition) is 5. The summed E-state index contributed by atoms with van der Waals surface area (Å²) in [6.45, 7) is 3.71. The van der Waals surface area contributed by atoms with Crippen LogP contribution in [0.1, 0.15) is 24.5 Å². The summed E-state index contributed by atoms with van der Waals surface area (Å²) in [6, 6.07) is 5.32. The van der Waals surface area contributed by atoms with Crippen LogP contribution >= 0.6 is 0 Å². The van der Waals surface area contributed by atoms with E-state index in [4.69, 9.17) is 15.0 Å². The molecule has 0 aliphatic carbocycles. The number of aromatic nitrogens is 2. The van der Waals surface area contributed by atoms with E-state index in [0.29, 0.717) is 17.3 Å². The minimum absolute atomic E-state index is 0.265. The molecule has 0 saturated heterocycles. The van der Waals surface area contributed by atoms with Gasteiger partial charge in [-0.2, -0.15) is 0 Å². The van der Waals surface area contributed by atoms with Crippen molar-refractivity contribution in [3.8, 4) is 5.88 Å². The Labute approximate surface area is 93.2 Å². The number of rotatable bonds is 3. The van der Waals surface area contributed by atoms with Crippen LogP contribution in [0.4, 0.5) is 5.69 Å². The lowest BCUT2D eigenvalue weighted by Crippen LogP contribution is -2.05. The van der Waals surface area contributed by atoms with E-state index in [1.165, 1.54) is 0 Å². The molecule has 84 valence electrons. The van der Waals surface area contributed by atoms with Crippen LogP contribution in [0, 0.1) is 6.92 Å². The van der Waals surface area contributed by atoms with E-state index in [1.807, 2.05) is 19.9 Å². The Morgan fingerprint density at radius 2 is 2.31 bits per heavy atom. The second kappa shape index (κ2) is 4.22. The molecule has 0 aliphatic heterocycles. The Hall–Kier alpha value is -2.04.